The summed E-state index contributed by atoms with van der Waals surface area (Å²) in [5.41, 5.74) is 0.984. The van der Waals surface area contributed by atoms with Crippen LogP contribution < -0.4 is 9.47 Å². The van der Waals surface area contributed by atoms with Crippen LogP contribution in [-0.4, -0.2) is 57.4 Å². The number of carbonyl (C=O) groups is 2. The van der Waals surface area contributed by atoms with Gasteiger partial charge in [-0.05, 0) is 42.8 Å². The molecule has 0 atom stereocenters. The largest absolute Gasteiger partial charge is 0.490 e. The van der Waals surface area contributed by atoms with Crippen molar-refractivity contribution in [1.29, 1.82) is 0 Å². The average molecular weight is 462 g/mol. The van der Waals surface area contributed by atoms with Gasteiger partial charge in [-0.3, -0.25) is 4.79 Å². The van der Waals surface area contributed by atoms with Gasteiger partial charge in [0.1, 0.15) is 0 Å². The molecule has 0 N–H and O–H groups in total. The van der Waals surface area contributed by atoms with E-state index in [4.69, 9.17) is 14.2 Å². The lowest BCUT2D eigenvalue weighted by Crippen LogP contribution is -2.30. The molecule has 0 spiro atoms. The number of hydrogen-bond acceptors (Lipinski definition) is 7. The van der Waals surface area contributed by atoms with Gasteiger partial charge in [-0.1, -0.05) is 19.9 Å². The van der Waals surface area contributed by atoms with Crippen LogP contribution in [0.3, 0.4) is 0 Å². The number of nitrogens with zero attached hydrogens (tertiary/aromatic N) is 1. The van der Waals surface area contributed by atoms with Crippen molar-refractivity contribution in [3.05, 3.63) is 53.1 Å². The molecular formula is C23H27NO7S. The van der Waals surface area contributed by atoms with Crippen molar-refractivity contribution in [2.24, 2.45) is 0 Å². The SMILES string of the molecule is CCN(CC)S(=O)(=O)c1ccc(C)c(C(=O)OCC(=O)c2ccc3c(c2)OCCCO3)c1. The molecule has 3 rings (SSSR count). The molecule has 0 saturated carbocycles. The molecule has 0 amide bonds. The summed E-state index contributed by atoms with van der Waals surface area (Å²) in [7, 11) is -3.73. The van der Waals surface area contributed by atoms with Gasteiger partial charge in [0.15, 0.2) is 23.9 Å². The maximum Gasteiger partial charge on any atom is 0.338 e. The van der Waals surface area contributed by atoms with Crippen LogP contribution in [0.1, 0.15) is 46.5 Å². The minimum Gasteiger partial charge on any atom is -0.490 e. The minimum atomic E-state index is -3.73. The van der Waals surface area contributed by atoms with E-state index in [0.717, 1.165) is 6.42 Å². The van der Waals surface area contributed by atoms with Crippen molar-refractivity contribution >= 4 is 21.8 Å². The summed E-state index contributed by atoms with van der Waals surface area (Å²) in [6.07, 6.45) is 0.748. The van der Waals surface area contributed by atoms with E-state index in [1.165, 1.54) is 16.4 Å². The summed E-state index contributed by atoms with van der Waals surface area (Å²) in [6, 6.07) is 9.12. The Morgan fingerprint density at radius 3 is 2.38 bits per heavy atom. The topological polar surface area (TPSA) is 99.2 Å². The monoisotopic (exact) mass is 461 g/mol. The van der Waals surface area contributed by atoms with Gasteiger partial charge >= 0.3 is 5.97 Å². The highest BCUT2D eigenvalue weighted by Crippen LogP contribution is 2.30. The molecule has 0 unspecified atom stereocenters. The third-order valence-corrected chi connectivity index (χ3v) is 7.22. The molecule has 0 saturated heterocycles. The summed E-state index contributed by atoms with van der Waals surface area (Å²) in [6.45, 7) is 6.35. The minimum absolute atomic E-state index is 0.00739. The number of hydrogen-bond donors (Lipinski definition) is 0. The van der Waals surface area contributed by atoms with Crippen LogP contribution in [0.4, 0.5) is 0 Å². The third-order valence-electron chi connectivity index (χ3n) is 5.18. The van der Waals surface area contributed by atoms with Crippen LogP contribution >= 0.6 is 0 Å². The Morgan fingerprint density at radius 1 is 1.00 bits per heavy atom. The molecule has 8 nitrogen and oxygen atoms in total. The lowest BCUT2D eigenvalue weighted by atomic mass is 10.1. The number of rotatable bonds is 8. The third kappa shape index (κ3) is 5.11. The molecule has 0 aromatic heterocycles. The zero-order chi connectivity index (χ0) is 23.3. The molecular weight excluding hydrogens is 434 g/mol. The maximum absolute atomic E-state index is 12.8. The van der Waals surface area contributed by atoms with Gasteiger partial charge in [-0.15, -0.1) is 0 Å². The lowest BCUT2D eigenvalue weighted by molar-refractivity contribution is 0.0473. The Balaban J connectivity index is 1.74. The smallest absolute Gasteiger partial charge is 0.338 e. The summed E-state index contributed by atoms with van der Waals surface area (Å²) in [4.78, 5) is 25.2. The summed E-state index contributed by atoms with van der Waals surface area (Å²) < 4.78 is 43.2. The molecule has 0 radical (unpaired) electrons. The number of ether oxygens (including phenoxy) is 3. The van der Waals surface area contributed by atoms with Gasteiger partial charge in [-0.25, -0.2) is 13.2 Å². The van der Waals surface area contributed by atoms with Crippen molar-refractivity contribution < 1.29 is 32.2 Å². The Bertz CT molecular complexity index is 1110. The fourth-order valence-corrected chi connectivity index (χ4v) is 4.81. The van der Waals surface area contributed by atoms with E-state index < -0.39 is 28.4 Å². The van der Waals surface area contributed by atoms with Crippen molar-refractivity contribution in [3.63, 3.8) is 0 Å². The molecule has 0 aliphatic carbocycles. The molecule has 172 valence electrons. The number of ketones is 1. The summed E-state index contributed by atoms with van der Waals surface area (Å²) in [5.74, 6) is -0.122. The number of esters is 1. The Morgan fingerprint density at radius 2 is 1.69 bits per heavy atom. The molecule has 0 bridgehead atoms. The molecule has 32 heavy (non-hydrogen) atoms. The van der Waals surface area contributed by atoms with E-state index in [0.29, 0.717) is 48.9 Å². The molecule has 1 aliphatic rings. The van der Waals surface area contributed by atoms with Gasteiger partial charge in [0.2, 0.25) is 10.0 Å². The van der Waals surface area contributed by atoms with Gasteiger partial charge in [0.25, 0.3) is 0 Å². The van der Waals surface area contributed by atoms with E-state index in [2.05, 4.69) is 0 Å². The number of fused-ring (bicyclic) bond motifs is 1. The van der Waals surface area contributed by atoms with Crippen LogP contribution in [0.25, 0.3) is 0 Å². The first kappa shape index (κ1) is 23.7. The highest BCUT2D eigenvalue weighted by Gasteiger charge is 2.24. The maximum atomic E-state index is 12.8. The van der Waals surface area contributed by atoms with Gasteiger partial charge in [0, 0.05) is 25.1 Å². The van der Waals surface area contributed by atoms with E-state index in [-0.39, 0.29) is 10.5 Å². The fraction of sp³-hybridized carbons (Fsp3) is 0.391. The Kier molecular flexibility index (Phi) is 7.52. The molecule has 2 aromatic rings. The summed E-state index contributed by atoms with van der Waals surface area (Å²) in [5, 5.41) is 0. The normalized spacial score (nSPS) is 13.5. The molecule has 0 fully saturated rings. The van der Waals surface area contributed by atoms with Crippen LogP contribution in [0.2, 0.25) is 0 Å². The van der Waals surface area contributed by atoms with Crippen LogP contribution in [-0.2, 0) is 14.8 Å². The first-order chi connectivity index (χ1) is 15.3. The van der Waals surface area contributed by atoms with Crippen molar-refractivity contribution in [2.45, 2.75) is 32.1 Å². The Labute approximate surface area is 188 Å². The Hall–Kier alpha value is -2.91. The second-order valence-corrected chi connectivity index (χ2v) is 9.22. The number of Topliss-reactive ketones (excluding diaryl/α,β-unsaturated/α-hetero) is 1. The second kappa shape index (κ2) is 10.1. The first-order valence-electron chi connectivity index (χ1n) is 10.5. The molecule has 2 aromatic carbocycles. The number of sulfonamides is 1. The first-order valence-corrected chi connectivity index (χ1v) is 11.9. The second-order valence-electron chi connectivity index (χ2n) is 7.28. The molecule has 1 heterocycles. The zero-order valence-corrected chi connectivity index (χ0v) is 19.2. The lowest BCUT2D eigenvalue weighted by Gasteiger charge is -2.19. The average Bonchev–Trinajstić information content (AvgIpc) is 3.03. The van der Waals surface area contributed by atoms with Crippen molar-refractivity contribution in [1.82, 2.24) is 4.31 Å². The van der Waals surface area contributed by atoms with E-state index in [1.54, 1.807) is 45.0 Å². The van der Waals surface area contributed by atoms with Crippen molar-refractivity contribution in [2.75, 3.05) is 32.9 Å². The van der Waals surface area contributed by atoms with E-state index >= 15 is 0 Å². The van der Waals surface area contributed by atoms with Gasteiger partial charge < -0.3 is 14.2 Å². The summed E-state index contributed by atoms with van der Waals surface area (Å²) >= 11 is 0. The predicted molar refractivity (Wildman–Crippen MR) is 118 cm³/mol. The number of aryl methyl sites for hydroxylation is 1. The van der Waals surface area contributed by atoms with Crippen LogP contribution in [0.5, 0.6) is 11.5 Å². The van der Waals surface area contributed by atoms with Crippen molar-refractivity contribution in [3.8, 4) is 11.5 Å². The quantitative estimate of drug-likeness (QED) is 0.440. The molecule has 1 aliphatic heterocycles. The molecule has 9 heteroatoms. The zero-order valence-electron chi connectivity index (χ0n) is 18.4. The van der Waals surface area contributed by atoms with Crippen LogP contribution in [0, 0.1) is 6.92 Å². The highest BCUT2D eigenvalue weighted by molar-refractivity contribution is 7.89. The van der Waals surface area contributed by atoms with Crippen LogP contribution in [0.15, 0.2) is 41.3 Å². The van der Waals surface area contributed by atoms with E-state index in [9.17, 15) is 18.0 Å². The number of carbonyl (C=O) groups excluding carboxylic acids is 2. The standard InChI is InChI=1S/C23H27NO7S/c1-4-24(5-2)32(27,28)18-9-7-16(3)19(14-18)23(26)31-15-20(25)17-8-10-21-22(13-17)30-12-6-11-29-21/h7-10,13-14H,4-6,11-12,15H2,1-3H3. The van der Waals surface area contributed by atoms with Gasteiger partial charge in [0.05, 0.1) is 23.7 Å². The van der Waals surface area contributed by atoms with E-state index in [1.807, 2.05) is 0 Å². The fourth-order valence-electron chi connectivity index (χ4n) is 3.32. The van der Waals surface area contributed by atoms with Gasteiger partial charge in [-0.2, -0.15) is 4.31 Å². The highest BCUT2D eigenvalue weighted by atomic mass is 32.2. The predicted octanol–water partition coefficient (Wildman–Crippen LogP) is 3.23. The number of benzene rings is 2.